The van der Waals surface area contributed by atoms with Crippen molar-refractivity contribution in [2.24, 2.45) is 11.1 Å². The standard InChI is InChI=1S/C14H22N2O3/c1-2-9-16(10-12(17)18)13(19)14(11-15)7-5-3-4-6-8-14/h1H,3-11,15H2,(H,17,18). The highest BCUT2D eigenvalue weighted by atomic mass is 16.4. The van der Waals surface area contributed by atoms with Crippen molar-refractivity contribution in [1.82, 2.24) is 4.90 Å². The van der Waals surface area contributed by atoms with E-state index in [1.54, 1.807) is 0 Å². The summed E-state index contributed by atoms with van der Waals surface area (Å²) in [5, 5.41) is 8.88. The fourth-order valence-electron chi connectivity index (χ4n) is 2.72. The predicted molar refractivity (Wildman–Crippen MR) is 72.2 cm³/mol. The number of nitrogens with two attached hydrogens (primary N) is 1. The number of carboxylic acid groups (broad SMARTS) is 1. The molecule has 1 rings (SSSR count). The van der Waals surface area contributed by atoms with Crippen molar-refractivity contribution in [2.75, 3.05) is 19.6 Å². The molecule has 0 heterocycles. The van der Waals surface area contributed by atoms with Gasteiger partial charge in [-0.2, -0.15) is 0 Å². The van der Waals surface area contributed by atoms with Crippen LogP contribution in [-0.4, -0.2) is 41.5 Å². The van der Waals surface area contributed by atoms with Crippen molar-refractivity contribution >= 4 is 11.9 Å². The van der Waals surface area contributed by atoms with Gasteiger partial charge in [0, 0.05) is 6.54 Å². The second-order valence-electron chi connectivity index (χ2n) is 5.16. The molecule has 0 aliphatic heterocycles. The largest absolute Gasteiger partial charge is 0.480 e. The van der Waals surface area contributed by atoms with Gasteiger partial charge in [-0.15, -0.1) is 6.42 Å². The molecule has 3 N–H and O–H groups in total. The van der Waals surface area contributed by atoms with Crippen molar-refractivity contribution in [3.63, 3.8) is 0 Å². The lowest BCUT2D eigenvalue weighted by atomic mass is 9.79. The zero-order valence-electron chi connectivity index (χ0n) is 11.2. The molecule has 0 bridgehead atoms. The highest BCUT2D eigenvalue weighted by molar-refractivity contribution is 5.86. The lowest BCUT2D eigenvalue weighted by Gasteiger charge is -2.34. The maximum atomic E-state index is 12.6. The normalized spacial score (nSPS) is 18.1. The predicted octanol–water partition coefficient (Wildman–Crippen LogP) is 0.832. The Bertz CT molecular complexity index is 365. The maximum absolute atomic E-state index is 12.6. The molecule has 5 heteroatoms. The van der Waals surface area contributed by atoms with Gasteiger partial charge in [0.1, 0.15) is 6.54 Å². The Balaban J connectivity index is 2.89. The monoisotopic (exact) mass is 266 g/mol. The summed E-state index contributed by atoms with van der Waals surface area (Å²) in [6.45, 7) is -0.0792. The van der Waals surface area contributed by atoms with Crippen LogP contribution in [-0.2, 0) is 9.59 Å². The van der Waals surface area contributed by atoms with E-state index < -0.39 is 11.4 Å². The number of terminal acetylenes is 1. The van der Waals surface area contributed by atoms with Crippen LogP contribution >= 0.6 is 0 Å². The molecule has 0 aromatic rings. The van der Waals surface area contributed by atoms with Gasteiger partial charge in [0.15, 0.2) is 0 Å². The van der Waals surface area contributed by atoms with Crippen LogP contribution in [0.2, 0.25) is 0 Å². The van der Waals surface area contributed by atoms with E-state index in [-0.39, 0.29) is 25.5 Å². The van der Waals surface area contributed by atoms with Crippen molar-refractivity contribution < 1.29 is 14.7 Å². The van der Waals surface area contributed by atoms with E-state index in [1.165, 1.54) is 4.90 Å². The minimum atomic E-state index is -1.05. The summed E-state index contributed by atoms with van der Waals surface area (Å²) in [7, 11) is 0. The summed E-state index contributed by atoms with van der Waals surface area (Å²) >= 11 is 0. The first-order valence-corrected chi connectivity index (χ1v) is 6.70. The van der Waals surface area contributed by atoms with E-state index in [0.29, 0.717) is 0 Å². The zero-order valence-corrected chi connectivity index (χ0v) is 11.2. The molecule has 0 aromatic carbocycles. The van der Waals surface area contributed by atoms with Gasteiger partial charge < -0.3 is 15.7 Å². The number of rotatable bonds is 5. The van der Waals surface area contributed by atoms with Gasteiger partial charge in [-0.25, -0.2) is 0 Å². The number of nitrogens with zero attached hydrogens (tertiary/aromatic N) is 1. The number of hydrogen-bond acceptors (Lipinski definition) is 3. The zero-order chi connectivity index (χ0) is 14.3. The summed E-state index contributed by atoms with van der Waals surface area (Å²) in [4.78, 5) is 24.7. The van der Waals surface area contributed by atoms with Crippen LogP contribution in [0, 0.1) is 17.8 Å². The summed E-state index contributed by atoms with van der Waals surface area (Å²) in [5.41, 5.74) is 5.20. The van der Waals surface area contributed by atoms with Gasteiger partial charge in [0.05, 0.1) is 12.0 Å². The van der Waals surface area contributed by atoms with Crippen molar-refractivity contribution in [1.29, 1.82) is 0 Å². The average Bonchev–Trinajstić information content (AvgIpc) is 2.63. The summed E-state index contributed by atoms with van der Waals surface area (Å²) in [6.07, 6.45) is 10.8. The summed E-state index contributed by atoms with van der Waals surface area (Å²) < 4.78 is 0. The summed E-state index contributed by atoms with van der Waals surface area (Å²) in [5.74, 6) is 1.10. The molecule has 1 aliphatic carbocycles. The minimum absolute atomic E-state index is 0.0207. The fourth-order valence-corrected chi connectivity index (χ4v) is 2.72. The van der Waals surface area contributed by atoms with Crippen LogP contribution in [0.1, 0.15) is 38.5 Å². The first-order chi connectivity index (χ1) is 9.05. The third-order valence-electron chi connectivity index (χ3n) is 3.80. The minimum Gasteiger partial charge on any atom is -0.480 e. The van der Waals surface area contributed by atoms with E-state index >= 15 is 0 Å². The van der Waals surface area contributed by atoms with E-state index in [0.717, 1.165) is 38.5 Å². The molecule has 106 valence electrons. The van der Waals surface area contributed by atoms with Crippen molar-refractivity contribution in [2.45, 2.75) is 38.5 Å². The maximum Gasteiger partial charge on any atom is 0.323 e. The lowest BCUT2D eigenvalue weighted by molar-refractivity contribution is -0.149. The summed E-state index contributed by atoms with van der Waals surface area (Å²) in [6, 6.07) is 0. The first kappa shape index (κ1) is 15.5. The fraction of sp³-hybridized carbons (Fsp3) is 0.714. The Labute approximate surface area is 114 Å². The molecular formula is C14H22N2O3. The smallest absolute Gasteiger partial charge is 0.323 e. The van der Waals surface area contributed by atoms with Gasteiger partial charge in [-0.3, -0.25) is 9.59 Å². The van der Waals surface area contributed by atoms with Crippen LogP contribution in [0.3, 0.4) is 0 Å². The number of amides is 1. The van der Waals surface area contributed by atoms with Crippen LogP contribution < -0.4 is 5.73 Å². The molecule has 0 radical (unpaired) electrons. The molecule has 1 saturated carbocycles. The van der Waals surface area contributed by atoms with Crippen molar-refractivity contribution in [3.8, 4) is 12.3 Å². The van der Waals surface area contributed by atoms with E-state index in [4.69, 9.17) is 17.3 Å². The SMILES string of the molecule is C#CCN(CC(=O)O)C(=O)C1(CN)CCCCCC1. The Hall–Kier alpha value is -1.54. The topological polar surface area (TPSA) is 83.6 Å². The Morgan fingerprint density at radius 2 is 1.84 bits per heavy atom. The molecule has 0 aromatic heterocycles. The van der Waals surface area contributed by atoms with E-state index in [2.05, 4.69) is 5.92 Å². The number of aliphatic carboxylic acids is 1. The van der Waals surface area contributed by atoms with Gasteiger partial charge >= 0.3 is 5.97 Å². The van der Waals surface area contributed by atoms with Crippen LogP contribution in [0.25, 0.3) is 0 Å². The number of carboxylic acids is 1. The molecule has 1 aliphatic rings. The highest BCUT2D eigenvalue weighted by Crippen LogP contribution is 2.35. The Morgan fingerprint density at radius 3 is 2.26 bits per heavy atom. The second kappa shape index (κ2) is 7.15. The van der Waals surface area contributed by atoms with Gasteiger partial charge in [0.2, 0.25) is 5.91 Å². The molecule has 0 atom stereocenters. The van der Waals surface area contributed by atoms with Gasteiger partial charge in [-0.05, 0) is 12.8 Å². The second-order valence-corrected chi connectivity index (χ2v) is 5.16. The van der Waals surface area contributed by atoms with Crippen LogP contribution in [0.5, 0.6) is 0 Å². The molecule has 19 heavy (non-hydrogen) atoms. The number of hydrogen-bond donors (Lipinski definition) is 2. The third-order valence-corrected chi connectivity index (χ3v) is 3.80. The molecule has 0 saturated heterocycles. The average molecular weight is 266 g/mol. The van der Waals surface area contributed by atoms with Gasteiger partial charge in [-0.1, -0.05) is 31.6 Å². The Morgan fingerprint density at radius 1 is 1.26 bits per heavy atom. The highest BCUT2D eigenvalue weighted by Gasteiger charge is 2.40. The Kier molecular flexibility index (Phi) is 5.84. The van der Waals surface area contributed by atoms with Crippen LogP contribution in [0.15, 0.2) is 0 Å². The van der Waals surface area contributed by atoms with E-state index in [9.17, 15) is 9.59 Å². The van der Waals surface area contributed by atoms with Crippen molar-refractivity contribution in [3.05, 3.63) is 0 Å². The number of carbonyl (C=O) groups is 2. The first-order valence-electron chi connectivity index (χ1n) is 6.70. The molecule has 5 nitrogen and oxygen atoms in total. The third kappa shape index (κ3) is 3.97. The lowest BCUT2D eigenvalue weighted by Crippen LogP contribution is -2.49. The molecule has 1 fully saturated rings. The number of carbonyl (C=O) groups excluding carboxylic acids is 1. The van der Waals surface area contributed by atoms with Crippen LogP contribution in [0.4, 0.5) is 0 Å². The quantitative estimate of drug-likeness (QED) is 0.570. The molecule has 0 spiro atoms. The van der Waals surface area contributed by atoms with E-state index in [1.807, 2.05) is 0 Å². The molecule has 0 unspecified atom stereocenters. The van der Waals surface area contributed by atoms with Gasteiger partial charge in [0.25, 0.3) is 0 Å². The molecular weight excluding hydrogens is 244 g/mol. The molecule has 1 amide bonds.